The molecule has 0 radical (unpaired) electrons. The summed E-state index contributed by atoms with van der Waals surface area (Å²) in [5.74, 6) is -3.36. The zero-order valence-corrected chi connectivity index (χ0v) is 6.31. The Kier molecular flexibility index (Phi) is 1.28. The number of halogens is 3. The van der Waals surface area contributed by atoms with Gasteiger partial charge in [-0.1, -0.05) is 0 Å². The van der Waals surface area contributed by atoms with Crippen LogP contribution in [0.2, 0.25) is 0 Å². The molecular formula is C7H4F3N3. The molecule has 1 saturated carbocycles. The van der Waals surface area contributed by atoms with Crippen LogP contribution in [0.4, 0.5) is 13.2 Å². The van der Waals surface area contributed by atoms with Crippen molar-refractivity contribution in [2.75, 3.05) is 0 Å². The van der Waals surface area contributed by atoms with Crippen molar-refractivity contribution in [3.8, 4) is 6.07 Å². The lowest BCUT2D eigenvalue weighted by atomic mass is 10.1. The molecule has 0 aliphatic heterocycles. The van der Waals surface area contributed by atoms with E-state index in [2.05, 4.69) is 10.2 Å². The van der Waals surface area contributed by atoms with Crippen LogP contribution < -0.4 is 0 Å². The molecule has 68 valence electrons. The summed E-state index contributed by atoms with van der Waals surface area (Å²) < 4.78 is 38.4. The van der Waals surface area contributed by atoms with Gasteiger partial charge in [0.25, 0.3) is 5.92 Å². The Morgan fingerprint density at radius 2 is 2.15 bits per heavy atom. The van der Waals surface area contributed by atoms with Crippen LogP contribution in [0.1, 0.15) is 17.7 Å². The van der Waals surface area contributed by atoms with Crippen molar-refractivity contribution in [1.29, 1.82) is 5.26 Å². The van der Waals surface area contributed by atoms with Crippen LogP contribution in [0, 0.1) is 11.3 Å². The van der Waals surface area contributed by atoms with Gasteiger partial charge in [-0.25, -0.2) is 13.2 Å². The zero-order valence-electron chi connectivity index (χ0n) is 6.31. The second-order valence-electron chi connectivity index (χ2n) is 2.95. The van der Waals surface area contributed by atoms with Crippen LogP contribution in [0.5, 0.6) is 0 Å². The number of hydrogen-bond donors (Lipinski definition) is 1. The molecular weight excluding hydrogens is 183 g/mol. The molecule has 0 bridgehead atoms. The minimum atomic E-state index is -3.36. The Balaban J connectivity index is 2.45. The average molecular weight is 187 g/mol. The highest BCUT2D eigenvalue weighted by Gasteiger charge is 2.75. The fourth-order valence-electron chi connectivity index (χ4n) is 1.23. The van der Waals surface area contributed by atoms with Gasteiger partial charge in [0.05, 0.1) is 18.2 Å². The third-order valence-corrected chi connectivity index (χ3v) is 2.10. The Morgan fingerprint density at radius 1 is 1.54 bits per heavy atom. The molecule has 0 aromatic carbocycles. The molecule has 1 aliphatic carbocycles. The van der Waals surface area contributed by atoms with E-state index in [4.69, 9.17) is 5.26 Å². The summed E-state index contributed by atoms with van der Waals surface area (Å²) in [7, 11) is 0. The Morgan fingerprint density at radius 3 is 2.62 bits per heavy atom. The summed E-state index contributed by atoms with van der Waals surface area (Å²) in [5, 5.41) is 13.9. The van der Waals surface area contributed by atoms with Gasteiger partial charge in [0.2, 0.25) is 5.67 Å². The van der Waals surface area contributed by atoms with Crippen molar-refractivity contribution in [2.45, 2.75) is 18.0 Å². The first-order valence-electron chi connectivity index (χ1n) is 3.52. The van der Waals surface area contributed by atoms with Crippen molar-refractivity contribution in [1.82, 2.24) is 10.2 Å². The minimum absolute atomic E-state index is 0.236. The van der Waals surface area contributed by atoms with Crippen molar-refractivity contribution < 1.29 is 13.2 Å². The molecule has 0 spiro atoms. The number of alkyl halides is 3. The molecule has 1 unspecified atom stereocenters. The van der Waals surface area contributed by atoms with E-state index in [1.807, 2.05) is 0 Å². The van der Waals surface area contributed by atoms with Gasteiger partial charge in [0.1, 0.15) is 11.8 Å². The summed E-state index contributed by atoms with van der Waals surface area (Å²) in [6, 6.07) is 1.57. The Bertz CT molecular complexity index is 392. The van der Waals surface area contributed by atoms with E-state index >= 15 is 0 Å². The minimum Gasteiger partial charge on any atom is -0.268 e. The number of aromatic amines is 1. The summed E-state index contributed by atoms with van der Waals surface area (Å²) in [6.07, 6.45) is 0.0632. The van der Waals surface area contributed by atoms with Crippen LogP contribution in [0.15, 0.2) is 6.20 Å². The van der Waals surface area contributed by atoms with Gasteiger partial charge in [0.15, 0.2) is 0 Å². The predicted octanol–water partition coefficient (Wildman–Crippen LogP) is 1.49. The molecule has 1 aromatic rings. The summed E-state index contributed by atoms with van der Waals surface area (Å²) in [6.45, 7) is 0. The highest BCUT2D eigenvalue weighted by Crippen LogP contribution is 2.63. The van der Waals surface area contributed by atoms with Gasteiger partial charge in [-0.2, -0.15) is 10.4 Å². The van der Waals surface area contributed by atoms with E-state index in [0.29, 0.717) is 0 Å². The summed E-state index contributed by atoms with van der Waals surface area (Å²) >= 11 is 0. The average Bonchev–Trinajstić information content (AvgIpc) is 2.53. The first-order valence-corrected chi connectivity index (χ1v) is 3.52. The molecule has 1 atom stereocenters. The molecule has 1 heterocycles. The highest BCUT2D eigenvalue weighted by molar-refractivity contribution is 5.40. The second-order valence-corrected chi connectivity index (χ2v) is 2.95. The van der Waals surface area contributed by atoms with Gasteiger partial charge in [-0.15, -0.1) is 0 Å². The number of nitriles is 1. The third kappa shape index (κ3) is 0.869. The van der Waals surface area contributed by atoms with Gasteiger partial charge < -0.3 is 0 Å². The molecule has 3 nitrogen and oxygen atoms in total. The smallest absolute Gasteiger partial charge is 0.268 e. The van der Waals surface area contributed by atoms with E-state index < -0.39 is 18.0 Å². The monoisotopic (exact) mass is 187 g/mol. The van der Waals surface area contributed by atoms with Gasteiger partial charge in [-0.05, 0) is 0 Å². The second kappa shape index (κ2) is 2.05. The normalized spacial score (nSPS) is 29.7. The maximum absolute atomic E-state index is 13.3. The Hall–Kier alpha value is -1.51. The van der Waals surface area contributed by atoms with Crippen molar-refractivity contribution in [3.63, 3.8) is 0 Å². The van der Waals surface area contributed by atoms with Crippen LogP contribution in [-0.2, 0) is 5.67 Å². The molecule has 6 heteroatoms. The predicted molar refractivity (Wildman–Crippen MR) is 35.7 cm³/mol. The van der Waals surface area contributed by atoms with Gasteiger partial charge >= 0.3 is 0 Å². The number of H-pyrrole nitrogens is 1. The van der Waals surface area contributed by atoms with E-state index in [-0.39, 0.29) is 11.3 Å². The first-order chi connectivity index (χ1) is 6.01. The number of hydrogen-bond acceptors (Lipinski definition) is 2. The van der Waals surface area contributed by atoms with E-state index in [1.165, 1.54) is 0 Å². The SMILES string of the molecule is N#Cc1[nH]ncc1C1(F)CC1(F)F. The van der Waals surface area contributed by atoms with E-state index in [9.17, 15) is 13.2 Å². The van der Waals surface area contributed by atoms with Crippen LogP contribution >= 0.6 is 0 Å². The molecule has 0 amide bonds. The highest BCUT2D eigenvalue weighted by atomic mass is 19.3. The maximum atomic E-state index is 13.3. The number of aromatic nitrogens is 2. The van der Waals surface area contributed by atoms with Crippen LogP contribution in [0.3, 0.4) is 0 Å². The van der Waals surface area contributed by atoms with Crippen molar-refractivity contribution in [3.05, 3.63) is 17.5 Å². The summed E-state index contributed by atoms with van der Waals surface area (Å²) in [4.78, 5) is 0. The molecule has 1 N–H and O–H groups in total. The fraction of sp³-hybridized carbons (Fsp3) is 0.429. The number of nitrogens with one attached hydrogen (secondary N) is 1. The largest absolute Gasteiger partial charge is 0.289 e. The molecule has 1 fully saturated rings. The van der Waals surface area contributed by atoms with Gasteiger partial charge in [0, 0.05) is 0 Å². The molecule has 0 saturated heterocycles. The van der Waals surface area contributed by atoms with E-state index in [0.717, 1.165) is 6.20 Å². The molecule has 1 aromatic heterocycles. The lowest BCUT2D eigenvalue weighted by Crippen LogP contribution is -2.10. The first kappa shape index (κ1) is 8.10. The van der Waals surface area contributed by atoms with Crippen molar-refractivity contribution in [2.24, 2.45) is 0 Å². The quantitative estimate of drug-likeness (QED) is 0.723. The van der Waals surface area contributed by atoms with Crippen molar-refractivity contribution >= 4 is 0 Å². The van der Waals surface area contributed by atoms with Crippen LogP contribution in [0.25, 0.3) is 0 Å². The maximum Gasteiger partial charge on any atom is 0.289 e. The molecule has 2 rings (SSSR count). The van der Waals surface area contributed by atoms with E-state index in [1.54, 1.807) is 6.07 Å². The number of rotatable bonds is 1. The topological polar surface area (TPSA) is 52.5 Å². The van der Waals surface area contributed by atoms with Gasteiger partial charge in [-0.3, -0.25) is 5.10 Å². The fourth-order valence-corrected chi connectivity index (χ4v) is 1.23. The standard InChI is InChI=1S/C7H4F3N3/c8-6(3-7(6,9)10)4-2-12-13-5(4)1-11/h2H,3H2,(H,12,13). The molecule has 1 aliphatic rings. The molecule has 13 heavy (non-hydrogen) atoms. The lowest BCUT2D eigenvalue weighted by molar-refractivity contribution is 0.0420. The van der Waals surface area contributed by atoms with Crippen LogP contribution in [-0.4, -0.2) is 16.1 Å². The third-order valence-electron chi connectivity index (χ3n) is 2.10. The lowest BCUT2D eigenvalue weighted by Gasteiger charge is -2.02. The number of nitrogens with zero attached hydrogens (tertiary/aromatic N) is 2. The Labute approximate surface area is 71.2 Å². The zero-order chi connectivity index (χ0) is 9.69. The summed E-state index contributed by atoms with van der Waals surface area (Å²) in [5.41, 5.74) is -3.27.